The van der Waals surface area contributed by atoms with Gasteiger partial charge in [0.2, 0.25) is 0 Å². The van der Waals surface area contributed by atoms with Crippen LogP contribution in [0.1, 0.15) is 37.7 Å². The minimum atomic E-state index is -0.580. The molecule has 0 spiro atoms. The van der Waals surface area contributed by atoms with Crippen molar-refractivity contribution in [2.75, 3.05) is 6.54 Å². The van der Waals surface area contributed by atoms with E-state index in [4.69, 9.17) is 0 Å². The number of nitrogens with zero attached hydrogens (tertiary/aromatic N) is 1. The lowest BCUT2D eigenvalue weighted by atomic mass is 9.63. The summed E-state index contributed by atoms with van der Waals surface area (Å²) in [5.74, 6) is -0.580. The predicted octanol–water partition coefficient (Wildman–Crippen LogP) is 2.91. The van der Waals surface area contributed by atoms with Crippen molar-refractivity contribution >= 4 is 5.97 Å². The van der Waals surface area contributed by atoms with Gasteiger partial charge in [-0.05, 0) is 37.8 Å². The van der Waals surface area contributed by atoms with Crippen LogP contribution in [-0.4, -0.2) is 28.6 Å². The smallest absolute Gasteiger partial charge is 0.311 e. The molecular weight excluding hydrogens is 238 g/mol. The van der Waals surface area contributed by atoms with Crippen LogP contribution in [0.4, 0.5) is 0 Å². The SMILES string of the molecule is O=C(O)C1(C2CCCN2Cc2ccccc2)CCC1. The summed E-state index contributed by atoms with van der Waals surface area (Å²) in [7, 11) is 0. The molecule has 1 N–H and O–H groups in total. The molecule has 1 saturated heterocycles. The Morgan fingerprint density at radius 3 is 2.58 bits per heavy atom. The van der Waals surface area contributed by atoms with Gasteiger partial charge >= 0.3 is 5.97 Å². The van der Waals surface area contributed by atoms with Crippen molar-refractivity contribution in [1.82, 2.24) is 4.90 Å². The Morgan fingerprint density at radius 2 is 2.00 bits per heavy atom. The second-order valence-electron chi connectivity index (χ2n) is 5.93. The normalized spacial score (nSPS) is 26.0. The summed E-state index contributed by atoms with van der Waals surface area (Å²) < 4.78 is 0. The molecule has 1 heterocycles. The largest absolute Gasteiger partial charge is 0.481 e. The number of hydrogen-bond donors (Lipinski definition) is 1. The molecule has 0 amide bonds. The van der Waals surface area contributed by atoms with Crippen molar-refractivity contribution in [3.63, 3.8) is 0 Å². The van der Waals surface area contributed by atoms with Crippen molar-refractivity contribution in [3.05, 3.63) is 35.9 Å². The highest BCUT2D eigenvalue weighted by Gasteiger charge is 2.53. The van der Waals surface area contributed by atoms with Gasteiger partial charge in [-0.3, -0.25) is 9.69 Å². The predicted molar refractivity (Wildman–Crippen MR) is 73.8 cm³/mol. The number of hydrogen-bond acceptors (Lipinski definition) is 2. The summed E-state index contributed by atoms with van der Waals surface area (Å²) in [5.41, 5.74) is 0.833. The van der Waals surface area contributed by atoms with Crippen molar-refractivity contribution in [2.24, 2.45) is 5.41 Å². The van der Waals surface area contributed by atoms with Gasteiger partial charge in [-0.15, -0.1) is 0 Å². The van der Waals surface area contributed by atoms with Crippen molar-refractivity contribution in [2.45, 2.75) is 44.7 Å². The fourth-order valence-electron chi connectivity index (χ4n) is 3.71. The van der Waals surface area contributed by atoms with Crippen molar-refractivity contribution in [3.8, 4) is 0 Å². The third-order valence-corrected chi connectivity index (χ3v) is 4.90. The van der Waals surface area contributed by atoms with E-state index >= 15 is 0 Å². The van der Waals surface area contributed by atoms with Crippen LogP contribution in [0.25, 0.3) is 0 Å². The molecule has 0 bridgehead atoms. The molecule has 2 fully saturated rings. The van der Waals surface area contributed by atoms with E-state index in [0.29, 0.717) is 0 Å². The Labute approximate surface area is 114 Å². The lowest BCUT2D eigenvalue weighted by molar-refractivity contribution is -0.160. The summed E-state index contributed by atoms with van der Waals surface area (Å²) in [6.45, 7) is 1.93. The van der Waals surface area contributed by atoms with Gasteiger partial charge in [0.1, 0.15) is 0 Å². The molecule has 3 rings (SSSR count). The number of aliphatic carboxylic acids is 1. The van der Waals surface area contributed by atoms with E-state index in [9.17, 15) is 9.90 Å². The van der Waals surface area contributed by atoms with Crippen LogP contribution in [0.3, 0.4) is 0 Å². The number of carboxylic acids is 1. The monoisotopic (exact) mass is 259 g/mol. The summed E-state index contributed by atoms with van der Waals surface area (Å²) >= 11 is 0. The van der Waals surface area contributed by atoms with E-state index < -0.39 is 11.4 Å². The van der Waals surface area contributed by atoms with E-state index in [2.05, 4.69) is 29.2 Å². The van der Waals surface area contributed by atoms with Crippen LogP contribution in [-0.2, 0) is 11.3 Å². The number of benzene rings is 1. The van der Waals surface area contributed by atoms with Crippen LogP contribution in [0, 0.1) is 5.41 Å². The van der Waals surface area contributed by atoms with Crippen molar-refractivity contribution in [1.29, 1.82) is 0 Å². The van der Waals surface area contributed by atoms with Gasteiger partial charge < -0.3 is 5.11 Å². The van der Waals surface area contributed by atoms with Gasteiger partial charge in [-0.25, -0.2) is 0 Å². The minimum Gasteiger partial charge on any atom is -0.481 e. The van der Waals surface area contributed by atoms with Crippen LogP contribution in [0.2, 0.25) is 0 Å². The lowest BCUT2D eigenvalue weighted by Gasteiger charge is -2.46. The molecular formula is C16H21NO2. The molecule has 102 valence electrons. The average Bonchev–Trinajstić information content (AvgIpc) is 2.77. The Balaban J connectivity index is 1.76. The summed E-state index contributed by atoms with van der Waals surface area (Å²) in [6.07, 6.45) is 4.96. The molecule has 3 heteroatoms. The van der Waals surface area contributed by atoms with E-state index in [1.807, 2.05) is 6.07 Å². The number of carbonyl (C=O) groups is 1. The molecule has 1 aliphatic heterocycles. The van der Waals surface area contributed by atoms with Gasteiger partial charge in [0.25, 0.3) is 0 Å². The van der Waals surface area contributed by atoms with Crippen LogP contribution < -0.4 is 0 Å². The molecule has 19 heavy (non-hydrogen) atoms. The van der Waals surface area contributed by atoms with Gasteiger partial charge in [0.15, 0.2) is 0 Å². The molecule has 2 aliphatic rings. The van der Waals surface area contributed by atoms with Gasteiger partial charge in [-0.1, -0.05) is 36.8 Å². The van der Waals surface area contributed by atoms with Gasteiger partial charge in [-0.2, -0.15) is 0 Å². The van der Waals surface area contributed by atoms with Gasteiger partial charge in [0, 0.05) is 12.6 Å². The van der Waals surface area contributed by atoms with Crippen LogP contribution >= 0.6 is 0 Å². The van der Waals surface area contributed by atoms with Crippen LogP contribution in [0.15, 0.2) is 30.3 Å². The maximum atomic E-state index is 11.7. The van der Waals surface area contributed by atoms with E-state index in [1.165, 1.54) is 5.56 Å². The maximum Gasteiger partial charge on any atom is 0.311 e. The molecule has 1 unspecified atom stereocenters. The second-order valence-corrected chi connectivity index (χ2v) is 5.93. The zero-order valence-corrected chi connectivity index (χ0v) is 11.2. The number of carboxylic acid groups (broad SMARTS) is 1. The summed E-state index contributed by atoms with van der Waals surface area (Å²) in [6, 6.07) is 10.6. The highest BCUT2D eigenvalue weighted by molar-refractivity contribution is 5.76. The Morgan fingerprint density at radius 1 is 1.26 bits per heavy atom. The van der Waals surface area contributed by atoms with Crippen molar-refractivity contribution < 1.29 is 9.90 Å². The minimum absolute atomic E-state index is 0.235. The van der Waals surface area contributed by atoms with E-state index in [-0.39, 0.29) is 6.04 Å². The lowest BCUT2D eigenvalue weighted by Crippen LogP contribution is -2.53. The van der Waals surface area contributed by atoms with Gasteiger partial charge in [0.05, 0.1) is 5.41 Å². The molecule has 3 nitrogen and oxygen atoms in total. The Kier molecular flexibility index (Phi) is 3.31. The molecule has 1 aromatic rings. The Hall–Kier alpha value is -1.35. The van der Waals surface area contributed by atoms with E-state index in [1.54, 1.807) is 0 Å². The van der Waals surface area contributed by atoms with Crippen LogP contribution in [0.5, 0.6) is 0 Å². The first-order valence-corrected chi connectivity index (χ1v) is 7.24. The second kappa shape index (κ2) is 4.97. The maximum absolute atomic E-state index is 11.7. The molecule has 1 aliphatic carbocycles. The first kappa shape index (κ1) is 12.7. The highest BCUT2D eigenvalue weighted by Crippen LogP contribution is 2.49. The summed E-state index contributed by atoms with van der Waals surface area (Å²) in [5, 5.41) is 9.60. The molecule has 1 atom stereocenters. The third kappa shape index (κ3) is 2.16. The zero-order valence-electron chi connectivity index (χ0n) is 11.2. The average molecular weight is 259 g/mol. The molecule has 0 radical (unpaired) electrons. The summed E-state index contributed by atoms with van der Waals surface area (Å²) in [4.78, 5) is 14.1. The standard InChI is InChI=1S/C16H21NO2/c18-15(19)16(9-5-10-16)14-8-4-11-17(14)12-13-6-2-1-3-7-13/h1-3,6-7,14H,4-5,8-12H2,(H,18,19). The first-order chi connectivity index (χ1) is 9.22. The fourth-order valence-corrected chi connectivity index (χ4v) is 3.71. The quantitative estimate of drug-likeness (QED) is 0.904. The number of rotatable bonds is 4. The molecule has 1 saturated carbocycles. The van der Waals surface area contributed by atoms with E-state index in [0.717, 1.165) is 45.2 Å². The number of likely N-dealkylation sites (tertiary alicyclic amines) is 1. The fraction of sp³-hybridized carbons (Fsp3) is 0.562. The highest BCUT2D eigenvalue weighted by atomic mass is 16.4. The first-order valence-electron chi connectivity index (χ1n) is 7.24. The Bertz CT molecular complexity index is 453. The topological polar surface area (TPSA) is 40.5 Å². The molecule has 0 aromatic heterocycles. The third-order valence-electron chi connectivity index (χ3n) is 4.90. The zero-order chi connectivity index (χ0) is 13.3. The molecule has 1 aromatic carbocycles.